The lowest BCUT2D eigenvalue weighted by Crippen LogP contribution is -2.14. The van der Waals surface area contributed by atoms with Crippen LogP contribution in [0.3, 0.4) is 0 Å². The Bertz CT molecular complexity index is 753. The summed E-state index contributed by atoms with van der Waals surface area (Å²) in [6, 6.07) is 4.19. The molecule has 0 saturated carbocycles. The lowest BCUT2D eigenvalue weighted by molar-refractivity contribution is 0.0697. The molecule has 1 aromatic carbocycles. The number of aromatic carboxylic acids is 1. The van der Waals surface area contributed by atoms with Crippen LogP contribution in [-0.4, -0.2) is 23.9 Å². The summed E-state index contributed by atoms with van der Waals surface area (Å²) in [6.45, 7) is 1.47. The summed E-state index contributed by atoms with van der Waals surface area (Å²) < 4.78 is 42.8. The first-order valence-electron chi connectivity index (χ1n) is 5.29. The standard InChI is InChI=1S/C11H9FN2O4S2/c1-6-9(11(15)16)10(19-13-6)14-20(17,18)8-4-2-7(12)3-5-8/h2-5,14H,1H3,(H,15,16). The molecule has 0 atom stereocenters. The van der Waals surface area contributed by atoms with Crippen LogP contribution in [0, 0.1) is 12.7 Å². The van der Waals surface area contributed by atoms with Crippen molar-refractivity contribution in [3.05, 3.63) is 41.3 Å². The smallest absolute Gasteiger partial charge is 0.340 e. The molecule has 0 radical (unpaired) electrons. The van der Waals surface area contributed by atoms with Gasteiger partial charge in [0, 0.05) is 0 Å². The predicted molar refractivity (Wildman–Crippen MR) is 71.0 cm³/mol. The number of hydrogen-bond acceptors (Lipinski definition) is 5. The van der Waals surface area contributed by atoms with Gasteiger partial charge in [0.1, 0.15) is 16.4 Å². The van der Waals surface area contributed by atoms with Crippen molar-refractivity contribution < 1.29 is 22.7 Å². The van der Waals surface area contributed by atoms with Crippen LogP contribution < -0.4 is 4.72 Å². The molecule has 0 amide bonds. The third-order valence-electron chi connectivity index (χ3n) is 2.43. The van der Waals surface area contributed by atoms with Gasteiger partial charge in [0.15, 0.2) is 0 Å². The van der Waals surface area contributed by atoms with E-state index in [0.29, 0.717) is 0 Å². The van der Waals surface area contributed by atoms with E-state index in [4.69, 9.17) is 5.11 Å². The van der Waals surface area contributed by atoms with Gasteiger partial charge >= 0.3 is 5.97 Å². The largest absolute Gasteiger partial charge is 0.478 e. The van der Waals surface area contributed by atoms with E-state index in [1.54, 1.807) is 0 Å². The fourth-order valence-electron chi connectivity index (χ4n) is 1.49. The second kappa shape index (κ2) is 5.17. The fraction of sp³-hybridized carbons (Fsp3) is 0.0909. The Kier molecular flexibility index (Phi) is 3.73. The Morgan fingerprint density at radius 1 is 1.35 bits per heavy atom. The zero-order chi connectivity index (χ0) is 14.9. The van der Waals surface area contributed by atoms with Crippen molar-refractivity contribution in [3.63, 3.8) is 0 Å². The number of anilines is 1. The van der Waals surface area contributed by atoms with Crippen LogP contribution in [0.15, 0.2) is 29.2 Å². The van der Waals surface area contributed by atoms with E-state index < -0.39 is 21.8 Å². The van der Waals surface area contributed by atoms with E-state index in [2.05, 4.69) is 9.10 Å². The van der Waals surface area contributed by atoms with Gasteiger partial charge in [0.2, 0.25) is 0 Å². The monoisotopic (exact) mass is 316 g/mol. The number of carboxylic acid groups (broad SMARTS) is 1. The number of aromatic nitrogens is 1. The summed E-state index contributed by atoms with van der Waals surface area (Å²) in [6.07, 6.45) is 0. The molecule has 0 fully saturated rings. The highest BCUT2D eigenvalue weighted by Gasteiger charge is 2.22. The average Bonchev–Trinajstić information content (AvgIpc) is 2.70. The van der Waals surface area contributed by atoms with E-state index in [0.717, 1.165) is 35.8 Å². The summed E-state index contributed by atoms with van der Waals surface area (Å²) in [7, 11) is -3.98. The van der Waals surface area contributed by atoms with Gasteiger partial charge < -0.3 is 5.11 Å². The number of carbonyl (C=O) groups is 1. The third kappa shape index (κ3) is 2.78. The minimum absolute atomic E-state index is 0.0840. The molecular weight excluding hydrogens is 307 g/mol. The molecule has 2 N–H and O–H groups in total. The minimum Gasteiger partial charge on any atom is -0.478 e. The van der Waals surface area contributed by atoms with Crippen LogP contribution in [0.25, 0.3) is 0 Å². The topological polar surface area (TPSA) is 96.4 Å². The summed E-state index contributed by atoms with van der Waals surface area (Å²) in [5.74, 6) is -1.84. The van der Waals surface area contributed by atoms with Crippen molar-refractivity contribution >= 4 is 32.5 Å². The summed E-state index contributed by atoms with van der Waals surface area (Å²) in [5, 5.41) is 8.94. The highest BCUT2D eigenvalue weighted by molar-refractivity contribution is 7.93. The molecule has 106 valence electrons. The van der Waals surface area contributed by atoms with Gasteiger partial charge in [-0.1, -0.05) is 0 Å². The number of rotatable bonds is 4. The number of aryl methyl sites for hydroxylation is 1. The zero-order valence-corrected chi connectivity index (χ0v) is 11.8. The van der Waals surface area contributed by atoms with E-state index in [-0.39, 0.29) is 21.2 Å². The number of hydrogen-bond donors (Lipinski definition) is 2. The maximum absolute atomic E-state index is 12.8. The second-order valence-electron chi connectivity index (χ2n) is 3.84. The Morgan fingerprint density at radius 3 is 2.50 bits per heavy atom. The van der Waals surface area contributed by atoms with E-state index in [1.165, 1.54) is 6.92 Å². The molecule has 0 saturated heterocycles. The quantitative estimate of drug-likeness (QED) is 0.900. The molecule has 0 aliphatic rings. The van der Waals surface area contributed by atoms with Gasteiger partial charge in [0.25, 0.3) is 10.0 Å². The van der Waals surface area contributed by atoms with Crippen molar-refractivity contribution in [3.8, 4) is 0 Å². The summed E-state index contributed by atoms with van der Waals surface area (Å²) in [5.41, 5.74) is 0.0278. The van der Waals surface area contributed by atoms with Crippen molar-refractivity contribution in [2.24, 2.45) is 0 Å². The molecule has 0 aliphatic carbocycles. The normalized spacial score (nSPS) is 11.3. The van der Waals surface area contributed by atoms with Crippen LogP contribution in [0.2, 0.25) is 0 Å². The second-order valence-corrected chi connectivity index (χ2v) is 6.29. The Morgan fingerprint density at radius 2 is 1.95 bits per heavy atom. The highest BCUT2D eigenvalue weighted by Crippen LogP contribution is 2.27. The third-order valence-corrected chi connectivity index (χ3v) is 4.78. The van der Waals surface area contributed by atoms with Crippen molar-refractivity contribution in [1.82, 2.24) is 4.37 Å². The maximum Gasteiger partial charge on any atom is 0.340 e. The Hall–Kier alpha value is -2.00. The summed E-state index contributed by atoms with van der Waals surface area (Å²) >= 11 is 0.734. The van der Waals surface area contributed by atoms with Crippen molar-refractivity contribution in [1.29, 1.82) is 0 Å². The van der Waals surface area contributed by atoms with E-state index in [1.807, 2.05) is 0 Å². The van der Waals surface area contributed by atoms with Crippen LogP contribution in [-0.2, 0) is 10.0 Å². The predicted octanol–water partition coefficient (Wildman–Crippen LogP) is 2.09. The van der Waals surface area contributed by atoms with Gasteiger partial charge in [-0.3, -0.25) is 4.72 Å². The molecular formula is C11H9FN2O4S2. The molecule has 0 unspecified atom stereocenters. The number of halogens is 1. The molecule has 0 bridgehead atoms. The highest BCUT2D eigenvalue weighted by atomic mass is 32.2. The van der Waals surface area contributed by atoms with Gasteiger partial charge in [-0.15, -0.1) is 0 Å². The Labute approximate surface area is 118 Å². The van der Waals surface area contributed by atoms with Crippen LogP contribution in [0.4, 0.5) is 9.39 Å². The number of sulfonamides is 1. The molecule has 20 heavy (non-hydrogen) atoms. The molecule has 2 rings (SSSR count). The molecule has 9 heteroatoms. The first-order chi connectivity index (χ1) is 9.31. The van der Waals surface area contributed by atoms with Crippen LogP contribution in [0.5, 0.6) is 0 Å². The number of nitrogens with one attached hydrogen (secondary N) is 1. The van der Waals surface area contributed by atoms with Crippen molar-refractivity contribution in [2.45, 2.75) is 11.8 Å². The SMILES string of the molecule is Cc1nsc(NS(=O)(=O)c2ccc(F)cc2)c1C(=O)O. The first-order valence-corrected chi connectivity index (χ1v) is 7.55. The number of carboxylic acids is 1. The molecule has 6 nitrogen and oxygen atoms in total. The number of benzene rings is 1. The lowest BCUT2D eigenvalue weighted by Gasteiger charge is -2.06. The molecule has 1 aromatic heterocycles. The van der Waals surface area contributed by atoms with Gasteiger partial charge in [-0.05, 0) is 42.7 Å². The van der Waals surface area contributed by atoms with Gasteiger partial charge in [0.05, 0.1) is 10.6 Å². The lowest BCUT2D eigenvalue weighted by atomic mass is 10.2. The van der Waals surface area contributed by atoms with Crippen LogP contribution >= 0.6 is 11.5 Å². The molecule has 1 heterocycles. The molecule has 2 aromatic rings. The Balaban J connectivity index is 2.38. The molecule has 0 aliphatic heterocycles. The molecule has 0 spiro atoms. The average molecular weight is 316 g/mol. The van der Waals surface area contributed by atoms with Gasteiger partial charge in [-0.2, -0.15) is 4.37 Å². The van der Waals surface area contributed by atoms with Crippen molar-refractivity contribution in [2.75, 3.05) is 4.72 Å². The van der Waals surface area contributed by atoms with Crippen LogP contribution in [0.1, 0.15) is 16.1 Å². The minimum atomic E-state index is -3.98. The van der Waals surface area contributed by atoms with Gasteiger partial charge in [-0.25, -0.2) is 17.6 Å². The van der Waals surface area contributed by atoms with E-state index in [9.17, 15) is 17.6 Å². The number of nitrogens with zero attached hydrogens (tertiary/aromatic N) is 1. The summed E-state index contributed by atoms with van der Waals surface area (Å²) in [4.78, 5) is 10.9. The first kappa shape index (κ1) is 14.4. The maximum atomic E-state index is 12.8. The fourth-order valence-corrected chi connectivity index (χ4v) is 3.57. The van der Waals surface area contributed by atoms with E-state index >= 15 is 0 Å². The zero-order valence-electron chi connectivity index (χ0n) is 10.1.